The maximum Gasteiger partial charge on any atom is 0.315 e. The van der Waals surface area contributed by atoms with E-state index in [0.29, 0.717) is 17.0 Å². The molecule has 0 saturated heterocycles. The summed E-state index contributed by atoms with van der Waals surface area (Å²) in [4.78, 5) is 19.9. The SMILES string of the molecule is O=[N+]([O-])c1cc(-c2nc(-c3ccncc3)no2)cc(OCc2ccccc2)c1OCc1ccccc1. The molecule has 2 aromatic heterocycles. The zero-order valence-electron chi connectivity index (χ0n) is 19.0. The third kappa shape index (κ3) is 5.20. The highest BCUT2D eigenvalue weighted by atomic mass is 16.6. The molecule has 0 bridgehead atoms. The zero-order valence-corrected chi connectivity index (χ0v) is 19.0. The molecule has 0 fully saturated rings. The highest BCUT2D eigenvalue weighted by Crippen LogP contribution is 2.42. The van der Waals surface area contributed by atoms with E-state index in [1.165, 1.54) is 6.07 Å². The van der Waals surface area contributed by atoms with Gasteiger partial charge in [-0.15, -0.1) is 0 Å². The number of hydrogen-bond acceptors (Lipinski definition) is 8. The van der Waals surface area contributed by atoms with Gasteiger partial charge >= 0.3 is 5.69 Å². The molecule has 178 valence electrons. The van der Waals surface area contributed by atoms with Crippen LogP contribution in [-0.2, 0) is 13.2 Å². The lowest BCUT2D eigenvalue weighted by Crippen LogP contribution is -2.04. The Bertz CT molecular complexity index is 1460. The van der Waals surface area contributed by atoms with Gasteiger partial charge in [0.15, 0.2) is 5.75 Å². The molecule has 5 rings (SSSR count). The van der Waals surface area contributed by atoms with E-state index in [-0.39, 0.29) is 36.3 Å². The monoisotopic (exact) mass is 480 g/mol. The normalized spacial score (nSPS) is 10.7. The lowest BCUT2D eigenvalue weighted by Gasteiger charge is -2.14. The van der Waals surface area contributed by atoms with Crippen molar-refractivity contribution < 1.29 is 18.9 Å². The first-order chi connectivity index (χ1) is 17.7. The van der Waals surface area contributed by atoms with Gasteiger partial charge in [0.25, 0.3) is 5.89 Å². The minimum absolute atomic E-state index is 0.0254. The molecule has 0 unspecified atom stereocenters. The van der Waals surface area contributed by atoms with Crippen molar-refractivity contribution in [1.82, 2.24) is 15.1 Å². The van der Waals surface area contributed by atoms with Gasteiger partial charge in [-0.2, -0.15) is 4.98 Å². The van der Waals surface area contributed by atoms with E-state index >= 15 is 0 Å². The van der Waals surface area contributed by atoms with Crippen molar-refractivity contribution in [2.75, 3.05) is 0 Å². The number of nitro benzene ring substituents is 1. The van der Waals surface area contributed by atoms with Gasteiger partial charge in [-0.1, -0.05) is 65.8 Å². The average Bonchev–Trinajstić information content (AvgIpc) is 3.43. The van der Waals surface area contributed by atoms with Crippen LogP contribution in [0.1, 0.15) is 11.1 Å². The molecule has 36 heavy (non-hydrogen) atoms. The summed E-state index contributed by atoms with van der Waals surface area (Å²) >= 11 is 0. The molecule has 0 aliphatic carbocycles. The van der Waals surface area contributed by atoms with E-state index in [1.807, 2.05) is 60.7 Å². The van der Waals surface area contributed by atoms with Crippen molar-refractivity contribution in [3.05, 3.63) is 119 Å². The Labute approximate surface area is 206 Å². The molecular weight excluding hydrogens is 460 g/mol. The Hall–Kier alpha value is -5.05. The molecule has 3 aromatic carbocycles. The summed E-state index contributed by atoms with van der Waals surface area (Å²) in [6.07, 6.45) is 3.23. The van der Waals surface area contributed by atoms with E-state index in [0.717, 1.165) is 11.1 Å². The van der Waals surface area contributed by atoms with Crippen LogP contribution in [0.2, 0.25) is 0 Å². The number of pyridine rings is 1. The summed E-state index contributed by atoms with van der Waals surface area (Å²) in [6.45, 7) is 0.324. The summed E-state index contributed by atoms with van der Waals surface area (Å²) in [5.74, 6) is 0.676. The molecular formula is C27H20N4O5. The molecule has 0 spiro atoms. The first-order valence-corrected chi connectivity index (χ1v) is 11.1. The lowest BCUT2D eigenvalue weighted by atomic mass is 10.1. The Balaban J connectivity index is 1.53. The molecule has 0 N–H and O–H groups in total. The van der Waals surface area contributed by atoms with E-state index < -0.39 is 4.92 Å². The van der Waals surface area contributed by atoms with Crippen molar-refractivity contribution in [2.24, 2.45) is 0 Å². The maximum absolute atomic E-state index is 12.1. The van der Waals surface area contributed by atoms with Gasteiger partial charge in [0.05, 0.1) is 10.5 Å². The van der Waals surface area contributed by atoms with Crippen molar-refractivity contribution in [2.45, 2.75) is 13.2 Å². The molecule has 9 nitrogen and oxygen atoms in total. The number of nitro groups is 1. The first kappa shape index (κ1) is 22.7. The Morgan fingerprint density at radius 3 is 2.08 bits per heavy atom. The second-order valence-corrected chi connectivity index (χ2v) is 7.79. The van der Waals surface area contributed by atoms with Crippen LogP contribution in [-0.4, -0.2) is 20.0 Å². The van der Waals surface area contributed by atoms with Gasteiger partial charge in [-0.3, -0.25) is 15.1 Å². The molecule has 5 aromatic rings. The van der Waals surface area contributed by atoms with Crippen LogP contribution in [0.25, 0.3) is 22.8 Å². The van der Waals surface area contributed by atoms with Gasteiger partial charge in [-0.05, 0) is 29.3 Å². The van der Waals surface area contributed by atoms with Crippen molar-refractivity contribution in [3.8, 4) is 34.3 Å². The highest BCUT2D eigenvalue weighted by Gasteiger charge is 2.25. The smallest absolute Gasteiger partial charge is 0.315 e. The predicted molar refractivity (Wildman–Crippen MR) is 131 cm³/mol. The number of aromatic nitrogens is 3. The summed E-state index contributed by atoms with van der Waals surface area (Å²) in [6, 6.07) is 25.3. The van der Waals surface area contributed by atoms with Gasteiger partial charge in [0.1, 0.15) is 13.2 Å². The third-order valence-electron chi connectivity index (χ3n) is 5.31. The van der Waals surface area contributed by atoms with Crippen LogP contribution in [0.4, 0.5) is 5.69 Å². The number of nitrogens with zero attached hydrogens (tertiary/aromatic N) is 4. The molecule has 0 saturated carbocycles. The predicted octanol–water partition coefficient (Wildman–Crippen LogP) is 5.86. The second kappa shape index (κ2) is 10.5. The first-order valence-electron chi connectivity index (χ1n) is 11.1. The standard InChI is InChI=1S/C27H20N4O5/c32-31(33)23-15-22(27-29-26(30-36-27)21-11-13-28-14-12-21)16-24(34-17-19-7-3-1-4-8-19)25(23)35-18-20-9-5-2-6-10-20/h1-16H,17-18H2. The van der Waals surface area contributed by atoms with Gasteiger partial charge < -0.3 is 14.0 Å². The van der Waals surface area contributed by atoms with E-state index in [9.17, 15) is 10.1 Å². The average molecular weight is 480 g/mol. The summed E-state index contributed by atoms with van der Waals surface area (Å²) in [5, 5.41) is 16.1. The fourth-order valence-corrected chi connectivity index (χ4v) is 3.52. The third-order valence-corrected chi connectivity index (χ3v) is 5.31. The van der Waals surface area contributed by atoms with Crippen molar-refractivity contribution in [1.29, 1.82) is 0 Å². The van der Waals surface area contributed by atoms with Crippen molar-refractivity contribution >= 4 is 5.69 Å². The molecule has 0 amide bonds. The summed E-state index contributed by atoms with van der Waals surface area (Å²) < 4.78 is 17.4. The number of hydrogen-bond donors (Lipinski definition) is 0. The quantitative estimate of drug-likeness (QED) is 0.190. The molecule has 0 aliphatic rings. The molecule has 0 atom stereocenters. The molecule has 9 heteroatoms. The van der Waals surface area contributed by atoms with Crippen LogP contribution in [0.15, 0.2) is 102 Å². The number of rotatable bonds is 9. The van der Waals surface area contributed by atoms with Crippen LogP contribution in [0.3, 0.4) is 0 Å². The molecule has 0 aliphatic heterocycles. The Morgan fingerprint density at radius 1 is 0.806 bits per heavy atom. The minimum atomic E-state index is -0.515. The summed E-state index contributed by atoms with van der Waals surface area (Å²) in [5.41, 5.74) is 2.54. The van der Waals surface area contributed by atoms with E-state index in [2.05, 4.69) is 15.1 Å². The fourth-order valence-electron chi connectivity index (χ4n) is 3.52. The second-order valence-electron chi connectivity index (χ2n) is 7.79. The van der Waals surface area contributed by atoms with E-state index in [4.69, 9.17) is 14.0 Å². The Morgan fingerprint density at radius 2 is 1.44 bits per heavy atom. The van der Waals surface area contributed by atoms with Gasteiger partial charge in [-0.25, -0.2) is 0 Å². The molecule has 2 heterocycles. The largest absolute Gasteiger partial charge is 0.485 e. The van der Waals surface area contributed by atoms with E-state index in [1.54, 1.807) is 30.6 Å². The lowest BCUT2D eigenvalue weighted by molar-refractivity contribution is -0.386. The van der Waals surface area contributed by atoms with Crippen LogP contribution in [0.5, 0.6) is 11.5 Å². The van der Waals surface area contributed by atoms with Crippen LogP contribution in [0, 0.1) is 10.1 Å². The fraction of sp³-hybridized carbons (Fsp3) is 0.0741. The number of ether oxygens (including phenoxy) is 2. The van der Waals surface area contributed by atoms with Crippen molar-refractivity contribution in [3.63, 3.8) is 0 Å². The Kier molecular flexibility index (Phi) is 6.61. The zero-order chi connectivity index (χ0) is 24.7. The highest BCUT2D eigenvalue weighted by molar-refractivity contribution is 5.69. The van der Waals surface area contributed by atoms with Crippen LogP contribution >= 0.6 is 0 Å². The summed E-state index contributed by atoms with van der Waals surface area (Å²) in [7, 11) is 0. The molecule has 0 radical (unpaired) electrons. The van der Waals surface area contributed by atoms with Crippen LogP contribution < -0.4 is 9.47 Å². The number of benzene rings is 3. The minimum Gasteiger partial charge on any atom is -0.485 e. The van der Waals surface area contributed by atoms with Gasteiger partial charge in [0, 0.05) is 24.0 Å². The van der Waals surface area contributed by atoms with Gasteiger partial charge in [0.2, 0.25) is 11.6 Å². The topological polar surface area (TPSA) is 113 Å². The maximum atomic E-state index is 12.1.